The number of piperidine rings is 1. The van der Waals surface area contributed by atoms with E-state index in [-0.39, 0.29) is 5.92 Å². The number of hydrogen-bond acceptors (Lipinski definition) is 3. The molecule has 1 aliphatic heterocycles. The highest BCUT2D eigenvalue weighted by molar-refractivity contribution is 9.10. The van der Waals surface area contributed by atoms with Crippen LogP contribution in [0, 0.1) is 5.92 Å². The van der Waals surface area contributed by atoms with Crippen molar-refractivity contribution in [2.45, 2.75) is 19.3 Å². The summed E-state index contributed by atoms with van der Waals surface area (Å²) in [5.74, 6) is -0.872. The van der Waals surface area contributed by atoms with E-state index < -0.39 is 5.97 Å². The molecule has 0 bridgehead atoms. The Balaban J connectivity index is 1.73. The smallest absolute Gasteiger partial charge is 0.307 e. The second kappa shape index (κ2) is 8.34. The van der Waals surface area contributed by atoms with Gasteiger partial charge in [0.2, 0.25) is 0 Å². The number of halogens is 1. The van der Waals surface area contributed by atoms with Crippen molar-refractivity contribution in [3.8, 4) is 0 Å². The van der Waals surface area contributed by atoms with Crippen LogP contribution < -0.4 is 0 Å². The molecule has 0 saturated carbocycles. The van der Waals surface area contributed by atoms with Crippen molar-refractivity contribution >= 4 is 38.8 Å². The van der Waals surface area contributed by atoms with Crippen molar-refractivity contribution in [2.75, 3.05) is 19.6 Å². The monoisotopic (exact) mass is 422 g/mol. The van der Waals surface area contributed by atoms with Gasteiger partial charge in [-0.3, -0.25) is 4.79 Å². The Labute approximate surface area is 160 Å². The van der Waals surface area contributed by atoms with Gasteiger partial charge in [0, 0.05) is 42.1 Å². The predicted molar refractivity (Wildman–Crippen MR) is 106 cm³/mol. The van der Waals surface area contributed by atoms with Gasteiger partial charge in [-0.1, -0.05) is 6.08 Å². The largest absolute Gasteiger partial charge is 0.481 e. The van der Waals surface area contributed by atoms with E-state index >= 15 is 0 Å². The number of thiophene rings is 1. The summed E-state index contributed by atoms with van der Waals surface area (Å²) < 4.78 is 3.26. The van der Waals surface area contributed by atoms with Gasteiger partial charge in [-0.15, -0.1) is 11.3 Å². The lowest BCUT2D eigenvalue weighted by molar-refractivity contribution is -0.143. The van der Waals surface area contributed by atoms with Crippen LogP contribution in [0.3, 0.4) is 0 Å². The number of hydrogen-bond donors (Lipinski definition) is 1. The summed E-state index contributed by atoms with van der Waals surface area (Å²) >= 11 is 5.39. The molecule has 25 heavy (non-hydrogen) atoms. The van der Waals surface area contributed by atoms with Gasteiger partial charge in [-0.05, 0) is 65.3 Å². The molecule has 0 spiro atoms. The van der Waals surface area contributed by atoms with Gasteiger partial charge >= 0.3 is 5.97 Å². The minimum Gasteiger partial charge on any atom is -0.481 e. The molecule has 2 aromatic rings. The van der Waals surface area contributed by atoms with Crippen molar-refractivity contribution < 1.29 is 9.90 Å². The summed E-state index contributed by atoms with van der Waals surface area (Å²) in [6.07, 6.45) is 7.04. The first-order valence-corrected chi connectivity index (χ1v) is 10.2. The molecule has 3 heterocycles. The Hall–Kier alpha value is -1.37. The summed E-state index contributed by atoms with van der Waals surface area (Å²) in [5, 5.41) is 11.3. The van der Waals surface area contributed by atoms with Crippen LogP contribution in [-0.2, 0) is 11.8 Å². The average molecular weight is 423 g/mol. The number of aryl methyl sites for hydroxylation is 1. The standard InChI is InChI=1S/C19H23BrN2O2S/c1-21-9-4-7-17(21)15(18-16(20)8-12-25-18)6-3-11-22-10-2-5-14(13-22)19(23)24/h4,6-9,12,14H,2-3,5,10-11,13H2,1H3,(H,23,24)/b15-6+. The van der Waals surface area contributed by atoms with E-state index in [2.05, 4.69) is 68.3 Å². The molecule has 1 saturated heterocycles. The molecule has 2 aromatic heterocycles. The van der Waals surface area contributed by atoms with E-state index in [1.54, 1.807) is 11.3 Å². The molecule has 134 valence electrons. The Kier molecular flexibility index (Phi) is 6.15. The zero-order valence-corrected chi connectivity index (χ0v) is 16.7. The number of carbonyl (C=O) groups is 1. The predicted octanol–water partition coefficient (Wildman–Crippen LogP) is 4.47. The molecule has 0 aliphatic carbocycles. The van der Waals surface area contributed by atoms with Crippen molar-refractivity contribution in [2.24, 2.45) is 13.0 Å². The molecule has 6 heteroatoms. The first-order valence-electron chi connectivity index (χ1n) is 8.56. The van der Waals surface area contributed by atoms with E-state index in [1.165, 1.54) is 16.1 Å². The fourth-order valence-electron chi connectivity index (χ4n) is 3.39. The van der Waals surface area contributed by atoms with Gasteiger partial charge in [0.25, 0.3) is 0 Å². The van der Waals surface area contributed by atoms with Crippen LogP contribution >= 0.6 is 27.3 Å². The Morgan fingerprint density at radius 1 is 1.48 bits per heavy atom. The number of rotatable bonds is 6. The van der Waals surface area contributed by atoms with E-state index in [9.17, 15) is 9.90 Å². The zero-order valence-electron chi connectivity index (χ0n) is 14.3. The summed E-state index contributed by atoms with van der Waals surface area (Å²) in [6.45, 7) is 2.58. The van der Waals surface area contributed by atoms with Crippen molar-refractivity contribution in [3.05, 3.63) is 50.9 Å². The lowest BCUT2D eigenvalue weighted by Gasteiger charge is -2.30. The van der Waals surface area contributed by atoms with E-state index in [0.29, 0.717) is 6.54 Å². The molecule has 1 N–H and O–H groups in total. The molecule has 4 nitrogen and oxygen atoms in total. The van der Waals surface area contributed by atoms with Gasteiger partial charge in [0.15, 0.2) is 0 Å². The highest BCUT2D eigenvalue weighted by Gasteiger charge is 2.24. The van der Waals surface area contributed by atoms with Crippen LogP contribution in [0.2, 0.25) is 0 Å². The third-order valence-corrected chi connectivity index (χ3v) is 6.60. The highest BCUT2D eigenvalue weighted by atomic mass is 79.9. The van der Waals surface area contributed by atoms with Crippen molar-refractivity contribution in [1.29, 1.82) is 0 Å². The fraction of sp³-hybridized carbons (Fsp3) is 0.421. The number of carboxylic acid groups (broad SMARTS) is 1. The molecular weight excluding hydrogens is 400 g/mol. The van der Waals surface area contributed by atoms with Crippen LogP contribution in [-0.4, -0.2) is 40.2 Å². The summed E-state index contributed by atoms with van der Waals surface area (Å²) in [4.78, 5) is 14.7. The maximum Gasteiger partial charge on any atom is 0.307 e. The third-order valence-electron chi connectivity index (χ3n) is 4.73. The molecule has 3 rings (SSSR count). The molecule has 1 unspecified atom stereocenters. The topological polar surface area (TPSA) is 45.5 Å². The summed E-state index contributed by atoms with van der Waals surface area (Å²) in [6, 6.07) is 6.28. The molecule has 0 radical (unpaired) electrons. The van der Waals surface area contributed by atoms with Crippen LogP contribution in [0.4, 0.5) is 0 Å². The number of aliphatic carboxylic acids is 1. The van der Waals surface area contributed by atoms with Crippen LogP contribution in [0.1, 0.15) is 29.8 Å². The highest BCUT2D eigenvalue weighted by Crippen LogP contribution is 2.34. The fourth-order valence-corrected chi connectivity index (χ4v) is 5.03. The van der Waals surface area contributed by atoms with E-state index in [1.807, 2.05) is 0 Å². The lowest BCUT2D eigenvalue weighted by Crippen LogP contribution is -2.39. The minimum atomic E-state index is -0.660. The molecule has 0 amide bonds. The number of aromatic nitrogens is 1. The van der Waals surface area contributed by atoms with Crippen LogP contribution in [0.15, 0.2) is 40.3 Å². The van der Waals surface area contributed by atoms with Gasteiger partial charge in [0.05, 0.1) is 10.8 Å². The Morgan fingerprint density at radius 2 is 2.32 bits per heavy atom. The van der Waals surface area contributed by atoms with Crippen LogP contribution in [0.5, 0.6) is 0 Å². The molecule has 1 atom stereocenters. The number of carboxylic acids is 1. The van der Waals surface area contributed by atoms with Crippen molar-refractivity contribution in [3.63, 3.8) is 0 Å². The van der Waals surface area contributed by atoms with Gasteiger partial charge < -0.3 is 14.6 Å². The maximum absolute atomic E-state index is 11.2. The maximum atomic E-state index is 11.2. The Morgan fingerprint density at radius 3 is 2.96 bits per heavy atom. The normalized spacial score (nSPS) is 19.3. The number of nitrogens with zero attached hydrogens (tertiary/aromatic N) is 2. The van der Waals surface area contributed by atoms with Crippen molar-refractivity contribution in [1.82, 2.24) is 9.47 Å². The van der Waals surface area contributed by atoms with Gasteiger partial charge in [-0.2, -0.15) is 0 Å². The molecule has 0 aromatic carbocycles. The Bertz CT molecular complexity index is 723. The average Bonchev–Trinajstić information content (AvgIpc) is 3.21. The molecular formula is C19H23BrN2O2S. The second-order valence-corrected chi connectivity index (χ2v) is 8.26. The summed E-state index contributed by atoms with van der Waals surface area (Å²) in [7, 11) is 2.06. The van der Waals surface area contributed by atoms with Crippen LogP contribution in [0.25, 0.3) is 5.57 Å². The molecule has 1 aliphatic rings. The van der Waals surface area contributed by atoms with Gasteiger partial charge in [0.1, 0.15) is 0 Å². The molecule has 1 fully saturated rings. The SMILES string of the molecule is Cn1cccc1/C(=C\CCN1CCCC(C(=O)O)C1)c1sccc1Br. The lowest BCUT2D eigenvalue weighted by atomic mass is 9.98. The quantitative estimate of drug-likeness (QED) is 0.746. The third kappa shape index (κ3) is 4.43. The summed E-state index contributed by atoms with van der Waals surface area (Å²) in [5.41, 5.74) is 2.44. The first-order chi connectivity index (χ1) is 12.1. The number of likely N-dealkylation sites (tertiary alicyclic amines) is 1. The first kappa shape index (κ1) is 18.4. The van der Waals surface area contributed by atoms with E-state index in [4.69, 9.17) is 0 Å². The van der Waals surface area contributed by atoms with Gasteiger partial charge in [-0.25, -0.2) is 0 Å². The minimum absolute atomic E-state index is 0.212. The van der Waals surface area contributed by atoms with E-state index in [0.717, 1.165) is 36.8 Å². The zero-order chi connectivity index (χ0) is 17.8. The second-order valence-electron chi connectivity index (χ2n) is 6.49.